The van der Waals surface area contributed by atoms with Gasteiger partial charge in [-0.2, -0.15) is 4.98 Å². The van der Waals surface area contributed by atoms with Crippen molar-refractivity contribution in [2.75, 3.05) is 26.4 Å². The van der Waals surface area contributed by atoms with Crippen LogP contribution < -0.4 is 16.0 Å². The molecule has 1 aromatic carbocycles. The summed E-state index contributed by atoms with van der Waals surface area (Å²) in [7, 11) is 1.61. The molecular formula is C26H35ClN4O6. The molecule has 3 aromatic rings. The molecule has 0 saturated carbocycles. The third-order valence-electron chi connectivity index (χ3n) is 6.18. The summed E-state index contributed by atoms with van der Waals surface area (Å²) in [6.07, 6.45) is 3.34. The third-order valence-corrected chi connectivity index (χ3v) is 6.44. The van der Waals surface area contributed by atoms with E-state index >= 15 is 0 Å². The summed E-state index contributed by atoms with van der Waals surface area (Å²) in [5.41, 5.74) is 0.631. The highest BCUT2D eigenvalue weighted by Crippen LogP contribution is 2.21. The number of benzene rings is 1. The predicted molar refractivity (Wildman–Crippen MR) is 141 cm³/mol. The standard InChI is InChI=1S/C26H35ClN4O6/c1-18(2)34-15-16-37-25-28-23-22(31(25)17-19-8-10-20(27)11-9-19)24(32)30(26(33)29(23)3)12-6-14-36-21-7-4-5-13-35-21/h8-11,18,21H,4-7,12-17H2,1-3H3. The molecule has 0 amide bonds. The van der Waals surface area contributed by atoms with E-state index in [4.69, 9.17) is 30.5 Å². The van der Waals surface area contributed by atoms with Crippen LogP contribution in [0.25, 0.3) is 11.2 Å². The molecule has 1 fully saturated rings. The molecule has 2 aromatic heterocycles. The summed E-state index contributed by atoms with van der Waals surface area (Å²) in [5.74, 6) is 0. The van der Waals surface area contributed by atoms with Crippen LogP contribution in [0, 0.1) is 0 Å². The normalized spacial score (nSPS) is 16.1. The van der Waals surface area contributed by atoms with Gasteiger partial charge in [0, 0.05) is 25.2 Å². The van der Waals surface area contributed by atoms with Crippen LogP contribution >= 0.6 is 11.6 Å². The molecule has 0 radical (unpaired) electrons. The second-order valence-corrected chi connectivity index (χ2v) is 9.80. The summed E-state index contributed by atoms with van der Waals surface area (Å²) in [4.78, 5) is 31.2. The molecule has 10 nitrogen and oxygen atoms in total. The fraction of sp³-hybridized carbons (Fsp3) is 0.577. The predicted octanol–water partition coefficient (Wildman–Crippen LogP) is 3.34. The van der Waals surface area contributed by atoms with Crippen molar-refractivity contribution in [1.82, 2.24) is 18.7 Å². The molecule has 0 spiro atoms. The number of rotatable bonds is 12. The van der Waals surface area contributed by atoms with Gasteiger partial charge in [0.2, 0.25) is 0 Å². The van der Waals surface area contributed by atoms with Crippen LogP contribution in [0.1, 0.15) is 45.1 Å². The van der Waals surface area contributed by atoms with E-state index in [0.717, 1.165) is 24.8 Å². The fourth-order valence-electron chi connectivity index (χ4n) is 4.27. The van der Waals surface area contributed by atoms with Crippen molar-refractivity contribution >= 4 is 22.8 Å². The molecule has 1 atom stereocenters. The molecule has 0 aliphatic carbocycles. The maximum Gasteiger partial charge on any atom is 0.332 e. The zero-order chi connectivity index (χ0) is 26.4. The molecule has 4 rings (SSSR count). The minimum absolute atomic E-state index is 0.0677. The second-order valence-electron chi connectivity index (χ2n) is 9.37. The summed E-state index contributed by atoms with van der Waals surface area (Å²) in [6.45, 7) is 6.16. The lowest BCUT2D eigenvalue weighted by molar-refractivity contribution is -0.163. The van der Waals surface area contributed by atoms with E-state index in [1.807, 2.05) is 26.0 Å². The number of halogens is 1. The Morgan fingerprint density at radius 2 is 1.89 bits per heavy atom. The quantitative estimate of drug-likeness (QED) is 0.329. The van der Waals surface area contributed by atoms with E-state index < -0.39 is 11.2 Å². The Balaban J connectivity index is 1.62. The Bertz CT molecular complexity index is 1290. The van der Waals surface area contributed by atoms with Gasteiger partial charge in [-0.1, -0.05) is 23.7 Å². The summed E-state index contributed by atoms with van der Waals surface area (Å²) >= 11 is 6.06. The summed E-state index contributed by atoms with van der Waals surface area (Å²) in [6, 6.07) is 7.59. The average molecular weight is 535 g/mol. The number of hydrogen-bond donors (Lipinski definition) is 0. The molecule has 3 heterocycles. The van der Waals surface area contributed by atoms with Crippen molar-refractivity contribution in [3.05, 3.63) is 55.7 Å². The number of ether oxygens (including phenoxy) is 4. The van der Waals surface area contributed by atoms with Gasteiger partial charge in [0.25, 0.3) is 11.6 Å². The van der Waals surface area contributed by atoms with Crippen LogP contribution in [0.5, 0.6) is 6.01 Å². The van der Waals surface area contributed by atoms with E-state index in [9.17, 15) is 9.59 Å². The Morgan fingerprint density at radius 3 is 2.59 bits per heavy atom. The molecule has 1 aliphatic heterocycles. The molecule has 1 saturated heterocycles. The molecular weight excluding hydrogens is 500 g/mol. The Labute approximate surface area is 220 Å². The highest BCUT2D eigenvalue weighted by Gasteiger charge is 2.22. The van der Waals surface area contributed by atoms with Gasteiger partial charge in [-0.15, -0.1) is 0 Å². The molecule has 11 heteroatoms. The van der Waals surface area contributed by atoms with Crippen molar-refractivity contribution in [2.24, 2.45) is 7.05 Å². The van der Waals surface area contributed by atoms with Gasteiger partial charge >= 0.3 is 5.69 Å². The van der Waals surface area contributed by atoms with E-state index in [1.54, 1.807) is 23.7 Å². The molecule has 1 unspecified atom stereocenters. The van der Waals surface area contributed by atoms with Crippen molar-refractivity contribution < 1.29 is 18.9 Å². The number of hydrogen-bond acceptors (Lipinski definition) is 7. The molecule has 0 bridgehead atoms. The molecule has 1 aliphatic rings. The smallest absolute Gasteiger partial charge is 0.332 e. The third kappa shape index (κ3) is 6.81. The lowest BCUT2D eigenvalue weighted by atomic mass is 10.2. The van der Waals surface area contributed by atoms with Crippen molar-refractivity contribution in [3.8, 4) is 6.01 Å². The van der Waals surface area contributed by atoms with E-state index in [-0.39, 0.29) is 37.2 Å². The topological polar surface area (TPSA) is 98.7 Å². The first-order chi connectivity index (χ1) is 17.8. The Hall–Kier alpha value is -2.66. The van der Waals surface area contributed by atoms with E-state index in [2.05, 4.69) is 4.98 Å². The first-order valence-corrected chi connectivity index (χ1v) is 13.1. The highest BCUT2D eigenvalue weighted by atomic mass is 35.5. The van der Waals surface area contributed by atoms with Crippen molar-refractivity contribution in [2.45, 2.75) is 65.0 Å². The Morgan fingerprint density at radius 1 is 1.11 bits per heavy atom. The monoisotopic (exact) mass is 534 g/mol. The van der Waals surface area contributed by atoms with Gasteiger partial charge in [0.1, 0.15) is 6.61 Å². The van der Waals surface area contributed by atoms with Gasteiger partial charge < -0.3 is 18.9 Å². The van der Waals surface area contributed by atoms with Crippen LogP contribution in [0.2, 0.25) is 5.02 Å². The summed E-state index contributed by atoms with van der Waals surface area (Å²) in [5, 5.41) is 0.618. The molecule has 0 N–H and O–H groups in total. The maximum atomic E-state index is 13.6. The SMILES string of the molecule is CC(C)OCCOc1nc2c(c(=O)n(CCCOC3CCCCO3)c(=O)n2C)n1Cc1ccc(Cl)cc1. The van der Waals surface area contributed by atoms with Crippen LogP contribution in [0.3, 0.4) is 0 Å². The number of aryl methyl sites for hydroxylation is 1. The van der Waals surface area contributed by atoms with Gasteiger partial charge in [-0.3, -0.25) is 18.5 Å². The zero-order valence-corrected chi connectivity index (χ0v) is 22.4. The van der Waals surface area contributed by atoms with E-state index in [0.29, 0.717) is 43.3 Å². The molecule has 37 heavy (non-hydrogen) atoms. The van der Waals surface area contributed by atoms with Gasteiger partial charge in [-0.05, 0) is 57.2 Å². The lowest BCUT2D eigenvalue weighted by Crippen LogP contribution is -2.40. The number of aromatic nitrogens is 4. The number of imidazole rings is 1. The molecule has 202 valence electrons. The second kappa shape index (κ2) is 12.7. The number of fused-ring (bicyclic) bond motifs is 1. The van der Waals surface area contributed by atoms with Crippen molar-refractivity contribution in [1.29, 1.82) is 0 Å². The van der Waals surface area contributed by atoms with Crippen molar-refractivity contribution in [3.63, 3.8) is 0 Å². The Kier molecular flexibility index (Phi) is 9.42. The average Bonchev–Trinajstić information content (AvgIpc) is 3.25. The largest absolute Gasteiger partial charge is 0.462 e. The first-order valence-electron chi connectivity index (χ1n) is 12.8. The van der Waals surface area contributed by atoms with Crippen LogP contribution in [0.15, 0.2) is 33.9 Å². The zero-order valence-electron chi connectivity index (χ0n) is 21.7. The van der Waals surface area contributed by atoms with Gasteiger partial charge in [0.05, 0.1) is 25.9 Å². The lowest BCUT2D eigenvalue weighted by Gasteiger charge is -2.22. The van der Waals surface area contributed by atoms with Crippen LogP contribution in [-0.4, -0.2) is 57.5 Å². The minimum atomic E-state index is -0.433. The van der Waals surface area contributed by atoms with Gasteiger partial charge in [0.15, 0.2) is 17.5 Å². The maximum absolute atomic E-state index is 13.6. The summed E-state index contributed by atoms with van der Waals surface area (Å²) < 4.78 is 27.2. The van der Waals surface area contributed by atoms with Crippen LogP contribution in [-0.2, 0) is 34.3 Å². The highest BCUT2D eigenvalue weighted by molar-refractivity contribution is 6.30. The fourth-order valence-corrected chi connectivity index (χ4v) is 4.40. The van der Waals surface area contributed by atoms with E-state index in [1.165, 1.54) is 9.13 Å². The first kappa shape index (κ1) is 27.4. The van der Waals surface area contributed by atoms with Gasteiger partial charge in [-0.25, -0.2) is 4.79 Å². The number of nitrogens with zero attached hydrogens (tertiary/aromatic N) is 4. The minimum Gasteiger partial charge on any atom is -0.462 e. The van der Waals surface area contributed by atoms with Crippen LogP contribution in [0.4, 0.5) is 0 Å².